The van der Waals surface area contributed by atoms with E-state index in [0.29, 0.717) is 6.61 Å². The molecule has 18 heavy (non-hydrogen) atoms. The fourth-order valence-corrected chi connectivity index (χ4v) is 2.31. The molecule has 4 nitrogen and oxygen atoms in total. The molecule has 2 unspecified atom stereocenters. The monoisotopic (exact) mass is 250 g/mol. The standard InChI is InChI=1S/C14H22N2O2/c1-3-17-12-6-4-11(5-7-12)14(15-2)13-10-16-8-9-18-13/h4-7,13-16H,3,8-10H2,1-2H3. The van der Waals surface area contributed by atoms with Crippen LogP contribution < -0.4 is 15.4 Å². The highest BCUT2D eigenvalue weighted by atomic mass is 16.5. The Labute approximate surface area is 109 Å². The molecule has 2 atom stereocenters. The van der Waals surface area contributed by atoms with Crippen molar-refractivity contribution < 1.29 is 9.47 Å². The largest absolute Gasteiger partial charge is 0.494 e. The van der Waals surface area contributed by atoms with Crippen LogP contribution in [0.3, 0.4) is 0 Å². The maximum absolute atomic E-state index is 5.81. The minimum atomic E-state index is 0.182. The van der Waals surface area contributed by atoms with Gasteiger partial charge in [0.1, 0.15) is 5.75 Å². The van der Waals surface area contributed by atoms with E-state index in [-0.39, 0.29) is 12.1 Å². The Morgan fingerprint density at radius 3 is 2.78 bits per heavy atom. The predicted molar refractivity (Wildman–Crippen MR) is 72.0 cm³/mol. The van der Waals surface area contributed by atoms with Crippen molar-refractivity contribution in [2.24, 2.45) is 0 Å². The Morgan fingerprint density at radius 2 is 2.22 bits per heavy atom. The molecule has 100 valence electrons. The first-order valence-corrected chi connectivity index (χ1v) is 6.57. The van der Waals surface area contributed by atoms with E-state index in [2.05, 4.69) is 22.8 Å². The summed E-state index contributed by atoms with van der Waals surface area (Å²) < 4.78 is 11.3. The fraction of sp³-hybridized carbons (Fsp3) is 0.571. The lowest BCUT2D eigenvalue weighted by atomic mass is 10.0. The van der Waals surface area contributed by atoms with Gasteiger partial charge < -0.3 is 20.1 Å². The molecule has 2 rings (SSSR count). The van der Waals surface area contributed by atoms with Crippen LogP contribution >= 0.6 is 0 Å². The highest BCUT2D eigenvalue weighted by molar-refractivity contribution is 5.30. The van der Waals surface area contributed by atoms with Gasteiger partial charge in [-0.1, -0.05) is 12.1 Å². The fourth-order valence-electron chi connectivity index (χ4n) is 2.31. The van der Waals surface area contributed by atoms with Crippen LogP contribution in [-0.4, -0.2) is 39.5 Å². The van der Waals surface area contributed by atoms with Crippen molar-refractivity contribution in [2.45, 2.75) is 19.1 Å². The van der Waals surface area contributed by atoms with Gasteiger partial charge in [-0.25, -0.2) is 0 Å². The molecule has 0 amide bonds. The average molecular weight is 250 g/mol. The van der Waals surface area contributed by atoms with Crippen LogP contribution in [-0.2, 0) is 4.74 Å². The summed E-state index contributed by atoms with van der Waals surface area (Å²) >= 11 is 0. The molecule has 1 heterocycles. The smallest absolute Gasteiger partial charge is 0.119 e. The van der Waals surface area contributed by atoms with E-state index in [1.165, 1.54) is 5.56 Å². The van der Waals surface area contributed by atoms with Crippen molar-refractivity contribution in [1.29, 1.82) is 0 Å². The van der Waals surface area contributed by atoms with Gasteiger partial charge in [-0.15, -0.1) is 0 Å². The molecule has 1 aromatic carbocycles. The van der Waals surface area contributed by atoms with Crippen molar-refractivity contribution in [3.63, 3.8) is 0 Å². The van der Waals surface area contributed by atoms with E-state index in [4.69, 9.17) is 9.47 Å². The molecule has 0 radical (unpaired) electrons. The second-order valence-electron chi connectivity index (χ2n) is 4.38. The van der Waals surface area contributed by atoms with E-state index in [1.807, 2.05) is 26.1 Å². The zero-order valence-corrected chi connectivity index (χ0v) is 11.1. The van der Waals surface area contributed by atoms with Gasteiger partial charge in [-0.05, 0) is 31.7 Å². The van der Waals surface area contributed by atoms with Gasteiger partial charge in [0.2, 0.25) is 0 Å². The van der Waals surface area contributed by atoms with Crippen LogP contribution in [0.1, 0.15) is 18.5 Å². The molecule has 0 bridgehead atoms. The molecule has 0 saturated carbocycles. The molecule has 0 spiro atoms. The minimum absolute atomic E-state index is 0.182. The van der Waals surface area contributed by atoms with Crippen molar-refractivity contribution in [3.05, 3.63) is 29.8 Å². The van der Waals surface area contributed by atoms with Crippen molar-refractivity contribution in [1.82, 2.24) is 10.6 Å². The first kappa shape index (κ1) is 13.3. The van der Waals surface area contributed by atoms with Crippen LogP contribution in [0.5, 0.6) is 5.75 Å². The summed E-state index contributed by atoms with van der Waals surface area (Å²) in [5, 5.41) is 6.70. The van der Waals surface area contributed by atoms with Gasteiger partial charge in [-0.3, -0.25) is 0 Å². The highest BCUT2D eigenvalue weighted by Crippen LogP contribution is 2.22. The van der Waals surface area contributed by atoms with E-state index in [0.717, 1.165) is 25.4 Å². The van der Waals surface area contributed by atoms with Crippen molar-refractivity contribution in [3.8, 4) is 5.75 Å². The molecule has 4 heteroatoms. The highest BCUT2D eigenvalue weighted by Gasteiger charge is 2.24. The van der Waals surface area contributed by atoms with Crippen LogP contribution in [0.15, 0.2) is 24.3 Å². The second kappa shape index (κ2) is 6.73. The number of benzene rings is 1. The first-order chi connectivity index (χ1) is 8.85. The normalized spacial score (nSPS) is 21.6. The summed E-state index contributed by atoms with van der Waals surface area (Å²) in [4.78, 5) is 0. The summed E-state index contributed by atoms with van der Waals surface area (Å²) in [5.41, 5.74) is 1.23. The summed E-state index contributed by atoms with van der Waals surface area (Å²) in [6, 6.07) is 8.45. The van der Waals surface area contributed by atoms with Crippen molar-refractivity contribution in [2.75, 3.05) is 33.4 Å². The summed E-state index contributed by atoms with van der Waals surface area (Å²) in [6.07, 6.45) is 0.182. The molecule has 1 aliphatic rings. The molecular weight excluding hydrogens is 228 g/mol. The molecule has 1 saturated heterocycles. The zero-order chi connectivity index (χ0) is 12.8. The van der Waals surface area contributed by atoms with Crippen LogP contribution in [0, 0.1) is 0 Å². The summed E-state index contributed by atoms with van der Waals surface area (Å²) in [6.45, 7) is 5.30. The van der Waals surface area contributed by atoms with Crippen molar-refractivity contribution >= 4 is 0 Å². The van der Waals surface area contributed by atoms with Gasteiger partial charge in [0.15, 0.2) is 0 Å². The number of hydrogen-bond acceptors (Lipinski definition) is 4. The van der Waals surface area contributed by atoms with Gasteiger partial charge in [0.25, 0.3) is 0 Å². The Kier molecular flexibility index (Phi) is 4.99. The maximum Gasteiger partial charge on any atom is 0.119 e. The Morgan fingerprint density at radius 1 is 1.44 bits per heavy atom. The number of hydrogen-bond donors (Lipinski definition) is 2. The van der Waals surface area contributed by atoms with Gasteiger partial charge >= 0.3 is 0 Å². The Hall–Kier alpha value is -1.10. The van der Waals surface area contributed by atoms with Gasteiger partial charge in [0.05, 0.1) is 25.4 Å². The van der Waals surface area contributed by atoms with E-state index >= 15 is 0 Å². The third-order valence-corrected chi connectivity index (χ3v) is 3.19. The summed E-state index contributed by atoms with van der Waals surface area (Å²) in [5.74, 6) is 0.916. The number of nitrogens with one attached hydrogen (secondary N) is 2. The molecular formula is C14H22N2O2. The SMILES string of the molecule is CCOc1ccc(C(NC)C2CNCCO2)cc1. The number of rotatable bonds is 5. The lowest BCUT2D eigenvalue weighted by molar-refractivity contribution is 0.00536. The summed E-state index contributed by atoms with van der Waals surface area (Å²) in [7, 11) is 1.97. The third-order valence-electron chi connectivity index (χ3n) is 3.19. The molecule has 0 aliphatic carbocycles. The molecule has 1 aromatic rings. The van der Waals surface area contributed by atoms with Gasteiger partial charge in [0, 0.05) is 13.1 Å². The Balaban J connectivity index is 2.06. The lowest BCUT2D eigenvalue weighted by Crippen LogP contribution is -2.45. The third kappa shape index (κ3) is 3.22. The minimum Gasteiger partial charge on any atom is -0.494 e. The van der Waals surface area contributed by atoms with Crippen LogP contribution in [0.25, 0.3) is 0 Å². The number of likely N-dealkylation sites (N-methyl/N-ethyl adjacent to an activating group) is 1. The number of morpholine rings is 1. The quantitative estimate of drug-likeness (QED) is 0.827. The van der Waals surface area contributed by atoms with Crippen LogP contribution in [0.4, 0.5) is 0 Å². The predicted octanol–water partition coefficient (Wildman–Crippen LogP) is 1.33. The van der Waals surface area contributed by atoms with Crippen LogP contribution in [0.2, 0.25) is 0 Å². The lowest BCUT2D eigenvalue weighted by Gasteiger charge is -2.31. The average Bonchev–Trinajstić information content (AvgIpc) is 2.43. The molecule has 0 aromatic heterocycles. The first-order valence-electron chi connectivity index (χ1n) is 6.57. The van der Waals surface area contributed by atoms with E-state index < -0.39 is 0 Å². The molecule has 1 aliphatic heterocycles. The number of ether oxygens (including phenoxy) is 2. The van der Waals surface area contributed by atoms with E-state index in [9.17, 15) is 0 Å². The van der Waals surface area contributed by atoms with Gasteiger partial charge in [-0.2, -0.15) is 0 Å². The maximum atomic E-state index is 5.81. The Bertz CT molecular complexity index is 347. The topological polar surface area (TPSA) is 42.5 Å². The molecule has 2 N–H and O–H groups in total. The molecule has 1 fully saturated rings. The zero-order valence-electron chi connectivity index (χ0n) is 11.1. The van der Waals surface area contributed by atoms with E-state index in [1.54, 1.807) is 0 Å². The second-order valence-corrected chi connectivity index (χ2v) is 4.38.